The summed E-state index contributed by atoms with van der Waals surface area (Å²) in [5.41, 5.74) is 2.41. The number of aromatic nitrogens is 2. The van der Waals surface area contributed by atoms with Crippen LogP contribution in [0.4, 0.5) is 17.3 Å². The van der Waals surface area contributed by atoms with E-state index >= 15 is 0 Å². The maximum atomic E-state index is 12.9. The maximum absolute atomic E-state index is 12.9. The van der Waals surface area contributed by atoms with Gasteiger partial charge < -0.3 is 30.4 Å². The SMILES string of the molecule is C=C(Nc1ccc(N2CCC(C)CC2)cn1)Nc1c(C=N)cc(C(=O)N(C)C)n1C1CCCC1. The Morgan fingerprint density at radius 2 is 1.88 bits per heavy atom. The van der Waals surface area contributed by atoms with Gasteiger partial charge in [0.25, 0.3) is 5.91 Å². The van der Waals surface area contributed by atoms with E-state index in [-0.39, 0.29) is 11.9 Å². The number of carbonyl (C=O) groups is 1. The van der Waals surface area contributed by atoms with Crippen molar-refractivity contribution in [2.24, 2.45) is 5.92 Å². The molecule has 3 heterocycles. The van der Waals surface area contributed by atoms with Crippen LogP contribution in [0.15, 0.2) is 36.8 Å². The van der Waals surface area contributed by atoms with Gasteiger partial charge in [-0.15, -0.1) is 0 Å². The molecular formula is C26H37N7O. The van der Waals surface area contributed by atoms with Crippen LogP contribution in [0.5, 0.6) is 0 Å². The van der Waals surface area contributed by atoms with Crippen molar-refractivity contribution in [2.75, 3.05) is 42.7 Å². The van der Waals surface area contributed by atoms with Gasteiger partial charge in [0, 0.05) is 45.0 Å². The van der Waals surface area contributed by atoms with Crippen molar-refractivity contribution in [1.82, 2.24) is 14.5 Å². The van der Waals surface area contributed by atoms with Gasteiger partial charge in [0.1, 0.15) is 23.2 Å². The molecule has 1 saturated carbocycles. The van der Waals surface area contributed by atoms with Crippen LogP contribution in [0.2, 0.25) is 0 Å². The topological polar surface area (TPSA) is 89.3 Å². The molecule has 2 fully saturated rings. The van der Waals surface area contributed by atoms with Crippen LogP contribution in [0, 0.1) is 11.3 Å². The Balaban J connectivity index is 1.51. The fourth-order valence-electron chi connectivity index (χ4n) is 4.97. The third kappa shape index (κ3) is 5.11. The van der Waals surface area contributed by atoms with Gasteiger partial charge >= 0.3 is 0 Å². The van der Waals surface area contributed by atoms with E-state index in [1.807, 2.05) is 12.3 Å². The Morgan fingerprint density at radius 1 is 1.18 bits per heavy atom. The fraction of sp³-hybridized carbons (Fsp3) is 0.500. The maximum Gasteiger partial charge on any atom is 0.270 e. The minimum absolute atomic E-state index is 0.0639. The van der Waals surface area contributed by atoms with Gasteiger partial charge in [-0.1, -0.05) is 26.3 Å². The average Bonchev–Trinajstić information content (AvgIpc) is 3.47. The van der Waals surface area contributed by atoms with E-state index < -0.39 is 0 Å². The molecular weight excluding hydrogens is 426 g/mol. The van der Waals surface area contributed by atoms with E-state index in [1.165, 1.54) is 19.1 Å². The molecule has 1 aliphatic heterocycles. The van der Waals surface area contributed by atoms with Gasteiger partial charge in [-0.05, 0) is 49.8 Å². The number of rotatable bonds is 8. The molecule has 0 atom stereocenters. The van der Waals surface area contributed by atoms with Gasteiger partial charge in [0.05, 0.1) is 11.9 Å². The summed E-state index contributed by atoms with van der Waals surface area (Å²) < 4.78 is 2.07. The van der Waals surface area contributed by atoms with Crippen molar-refractivity contribution in [3.8, 4) is 0 Å². The molecule has 2 aromatic rings. The molecule has 1 saturated heterocycles. The number of nitrogens with zero attached hydrogens (tertiary/aromatic N) is 4. The number of nitrogens with one attached hydrogen (secondary N) is 3. The molecule has 8 nitrogen and oxygen atoms in total. The second-order valence-electron chi connectivity index (χ2n) is 9.79. The first kappa shape index (κ1) is 23.9. The number of hydrogen-bond donors (Lipinski definition) is 3. The first-order valence-electron chi connectivity index (χ1n) is 12.3. The summed E-state index contributed by atoms with van der Waals surface area (Å²) in [4.78, 5) is 21.5. The predicted octanol–water partition coefficient (Wildman–Crippen LogP) is 4.93. The molecule has 2 aliphatic rings. The van der Waals surface area contributed by atoms with Crippen molar-refractivity contribution < 1.29 is 4.79 Å². The number of hydrogen-bond acceptors (Lipinski definition) is 6. The van der Waals surface area contributed by atoms with Crippen LogP contribution in [0.3, 0.4) is 0 Å². The molecule has 1 amide bonds. The van der Waals surface area contributed by atoms with E-state index in [4.69, 9.17) is 5.41 Å². The van der Waals surface area contributed by atoms with Crippen molar-refractivity contribution in [2.45, 2.75) is 51.5 Å². The average molecular weight is 464 g/mol. The number of amides is 1. The molecule has 1 aliphatic carbocycles. The van der Waals surface area contributed by atoms with E-state index in [2.05, 4.69) is 44.7 Å². The first-order valence-corrected chi connectivity index (χ1v) is 12.3. The monoisotopic (exact) mass is 463 g/mol. The van der Waals surface area contributed by atoms with E-state index in [0.29, 0.717) is 22.9 Å². The van der Waals surface area contributed by atoms with Crippen LogP contribution >= 0.6 is 0 Å². The molecule has 3 N–H and O–H groups in total. The summed E-state index contributed by atoms with van der Waals surface area (Å²) in [7, 11) is 3.51. The number of carbonyl (C=O) groups excluding carboxylic acids is 1. The second kappa shape index (κ2) is 10.3. The second-order valence-corrected chi connectivity index (χ2v) is 9.79. The molecule has 8 heteroatoms. The Kier molecular flexibility index (Phi) is 7.24. The first-order chi connectivity index (χ1) is 16.4. The minimum atomic E-state index is -0.0639. The summed E-state index contributed by atoms with van der Waals surface area (Å²) in [5.74, 6) is 2.71. The Bertz CT molecular complexity index is 1030. The van der Waals surface area contributed by atoms with Gasteiger partial charge in [-0.25, -0.2) is 4.98 Å². The molecule has 2 aromatic heterocycles. The molecule has 182 valence electrons. The zero-order valence-corrected chi connectivity index (χ0v) is 20.6. The van der Waals surface area contributed by atoms with Crippen LogP contribution in [0.1, 0.15) is 67.5 Å². The van der Waals surface area contributed by atoms with E-state index in [0.717, 1.165) is 56.2 Å². The van der Waals surface area contributed by atoms with Crippen molar-refractivity contribution >= 4 is 29.4 Å². The zero-order valence-electron chi connectivity index (χ0n) is 20.6. The largest absolute Gasteiger partial charge is 0.370 e. The highest BCUT2D eigenvalue weighted by Crippen LogP contribution is 2.36. The lowest BCUT2D eigenvalue weighted by Gasteiger charge is -2.31. The third-order valence-corrected chi connectivity index (χ3v) is 6.98. The molecule has 0 aromatic carbocycles. The molecule has 4 rings (SSSR count). The quantitative estimate of drug-likeness (QED) is 0.483. The highest BCUT2D eigenvalue weighted by Gasteiger charge is 2.28. The van der Waals surface area contributed by atoms with Crippen LogP contribution in [-0.2, 0) is 0 Å². The highest BCUT2D eigenvalue weighted by molar-refractivity contribution is 5.98. The van der Waals surface area contributed by atoms with Crippen LogP contribution in [-0.4, -0.2) is 53.8 Å². The minimum Gasteiger partial charge on any atom is -0.370 e. The number of anilines is 3. The Labute approximate surface area is 202 Å². The summed E-state index contributed by atoms with van der Waals surface area (Å²) >= 11 is 0. The zero-order chi connectivity index (χ0) is 24.2. The van der Waals surface area contributed by atoms with Gasteiger partial charge in [0.15, 0.2) is 0 Å². The summed E-state index contributed by atoms with van der Waals surface area (Å²) in [6.45, 7) is 8.60. The lowest BCUT2D eigenvalue weighted by Crippen LogP contribution is -2.32. The normalized spacial score (nSPS) is 17.0. The summed E-state index contributed by atoms with van der Waals surface area (Å²) in [6, 6.07) is 6.09. The van der Waals surface area contributed by atoms with E-state index in [1.54, 1.807) is 25.1 Å². The standard InChI is InChI=1S/C26H37N7O/c1-18-11-13-32(14-12-18)22-9-10-24(28-17-22)29-19(2)30-25-20(16-27)15-23(26(34)31(3)4)33(25)21-7-5-6-8-21/h9-10,15-18,21,27,30H,2,5-8,11-14H2,1,3-4H3,(H,28,29). The fourth-order valence-corrected chi connectivity index (χ4v) is 4.97. The molecule has 34 heavy (non-hydrogen) atoms. The summed E-state index contributed by atoms with van der Waals surface area (Å²) in [5, 5.41) is 14.5. The third-order valence-electron chi connectivity index (χ3n) is 6.98. The van der Waals surface area contributed by atoms with Crippen molar-refractivity contribution in [3.63, 3.8) is 0 Å². The van der Waals surface area contributed by atoms with Gasteiger partial charge in [-0.3, -0.25) is 4.79 Å². The van der Waals surface area contributed by atoms with Crippen molar-refractivity contribution in [3.05, 3.63) is 48.1 Å². The molecule has 0 spiro atoms. The molecule has 0 bridgehead atoms. The van der Waals surface area contributed by atoms with Gasteiger partial charge in [0.2, 0.25) is 0 Å². The lowest BCUT2D eigenvalue weighted by molar-refractivity contribution is 0.0815. The van der Waals surface area contributed by atoms with E-state index in [9.17, 15) is 4.79 Å². The van der Waals surface area contributed by atoms with Crippen LogP contribution < -0.4 is 15.5 Å². The van der Waals surface area contributed by atoms with Gasteiger partial charge in [-0.2, -0.15) is 0 Å². The Hall–Kier alpha value is -3.29. The molecule has 0 unspecified atom stereocenters. The Morgan fingerprint density at radius 3 is 2.47 bits per heavy atom. The highest BCUT2D eigenvalue weighted by atomic mass is 16.2. The smallest absolute Gasteiger partial charge is 0.270 e. The number of pyridine rings is 1. The lowest BCUT2D eigenvalue weighted by atomic mass is 9.99. The van der Waals surface area contributed by atoms with Crippen molar-refractivity contribution in [1.29, 1.82) is 5.41 Å². The van der Waals surface area contributed by atoms with Crippen LogP contribution in [0.25, 0.3) is 0 Å². The predicted molar refractivity (Wildman–Crippen MR) is 139 cm³/mol. The molecule has 0 radical (unpaired) electrons. The summed E-state index contributed by atoms with van der Waals surface area (Å²) in [6.07, 6.45) is 9.96. The number of piperidine rings is 1.